The van der Waals surface area contributed by atoms with Crippen molar-refractivity contribution in [3.63, 3.8) is 0 Å². The van der Waals surface area contributed by atoms with Gasteiger partial charge in [0.05, 0.1) is 12.7 Å². The lowest BCUT2D eigenvalue weighted by molar-refractivity contribution is -0.136. The summed E-state index contributed by atoms with van der Waals surface area (Å²) in [6.45, 7) is 1.32. The Morgan fingerprint density at radius 3 is 2.24 bits per heavy atom. The maximum Gasteiger partial charge on any atom is 0.333 e. The zero-order valence-electron chi connectivity index (χ0n) is 9.29. The van der Waals surface area contributed by atoms with E-state index in [1.165, 1.54) is 6.92 Å². The van der Waals surface area contributed by atoms with Crippen LogP contribution in [0.15, 0.2) is 29.8 Å². The number of allylic oxidation sites excluding steroid dienone is 1. The van der Waals surface area contributed by atoms with Crippen molar-refractivity contribution in [1.82, 2.24) is 0 Å². The third kappa shape index (κ3) is 2.96. The number of rotatable bonds is 3. The molecule has 5 heteroatoms. The summed E-state index contributed by atoms with van der Waals surface area (Å²) < 4.78 is 30.8. The first kappa shape index (κ1) is 13.0. The van der Waals surface area contributed by atoms with Gasteiger partial charge in [-0.3, -0.25) is 4.79 Å². The second kappa shape index (κ2) is 5.34. The molecule has 0 fully saturated rings. The third-order valence-electron chi connectivity index (χ3n) is 2.06. The molecule has 0 heterocycles. The monoisotopic (exact) mass is 240 g/mol. The Morgan fingerprint density at radius 1 is 1.24 bits per heavy atom. The molecule has 0 N–H and O–H groups in total. The molecular formula is C12H10F2O3. The maximum atomic E-state index is 13.2. The van der Waals surface area contributed by atoms with Crippen LogP contribution in [0.3, 0.4) is 0 Å². The van der Waals surface area contributed by atoms with Gasteiger partial charge in [-0.1, -0.05) is 6.07 Å². The summed E-state index contributed by atoms with van der Waals surface area (Å²) in [5, 5.41) is 0. The predicted octanol–water partition coefficient (Wildman–Crippen LogP) is 2.27. The largest absolute Gasteiger partial charge is 0.466 e. The highest BCUT2D eigenvalue weighted by Crippen LogP contribution is 2.14. The average Bonchev–Trinajstić information content (AvgIpc) is 2.27. The van der Waals surface area contributed by atoms with E-state index < -0.39 is 29.0 Å². The lowest BCUT2D eigenvalue weighted by Crippen LogP contribution is -2.07. The number of benzene rings is 1. The van der Waals surface area contributed by atoms with Crippen molar-refractivity contribution in [3.8, 4) is 0 Å². The third-order valence-corrected chi connectivity index (χ3v) is 2.06. The minimum atomic E-state index is -0.969. The van der Waals surface area contributed by atoms with Crippen LogP contribution in [0, 0.1) is 11.6 Å². The molecule has 0 saturated carbocycles. The number of ketones is 1. The van der Waals surface area contributed by atoms with Crippen LogP contribution in [0.1, 0.15) is 17.3 Å². The lowest BCUT2D eigenvalue weighted by Gasteiger charge is -2.01. The van der Waals surface area contributed by atoms with Gasteiger partial charge in [-0.15, -0.1) is 0 Å². The van der Waals surface area contributed by atoms with Gasteiger partial charge in [-0.2, -0.15) is 0 Å². The highest BCUT2D eigenvalue weighted by atomic mass is 19.1. The molecule has 0 radical (unpaired) electrons. The molecule has 0 aromatic heterocycles. The first-order valence-corrected chi connectivity index (χ1v) is 4.72. The van der Waals surface area contributed by atoms with Crippen molar-refractivity contribution in [2.24, 2.45) is 0 Å². The minimum absolute atomic E-state index is 0.0276. The van der Waals surface area contributed by atoms with Crippen LogP contribution in [0.5, 0.6) is 0 Å². The summed E-state index contributed by atoms with van der Waals surface area (Å²) >= 11 is 0. The molecular weight excluding hydrogens is 230 g/mol. The Hall–Kier alpha value is -2.04. The van der Waals surface area contributed by atoms with Crippen molar-refractivity contribution < 1.29 is 23.1 Å². The summed E-state index contributed by atoms with van der Waals surface area (Å²) in [6, 6.07) is 3.09. The number of carbonyl (C=O) groups excluding carboxylic acids is 2. The van der Waals surface area contributed by atoms with E-state index in [1.807, 2.05) is 0 Å². The van der Waals surface area contributed by atoms with Crippen LogP contribution in [-0.4, -0.2) is 18.9 Å². The van der Waals surface area contributed by atoms with Crippen molar-refractivity contribution in [1.29, 1.82) is 0 Å². The van der Waals surface area contributed by atoms with Crippen LogP contribution in [-0.2, 0) is 9.53 Å². The number of methoxy groups -OCH3 is 1. The van der Waals surface area contributed by atoms with Crippen molar-refractivity contribution in [2.75, 3.05) is 7.11 Å². The van der Waals surface area contributed by atoms with Gasteiger partial charge in [0.15, 0.2) is 5.78 Å². The summed E-state index contributed by atoms with van der Waals surface area (Å²) in [5.74, 6) is -3.58. The highest BCUT2D eigenvalue weighted by molar-refractivity contribution is 6.08. The Kier molecular flexibility index (Phi) is 4.09. The van der Waals surface area contributed by atoms with E-state index in [4.69, 9.17) is 0 Å². The SMILES string of the molecule is COC(=O)C(C)=CC(=O)c1c(F)cccc1F. The molecule has 1 aromatic rings. The Labute approximate surface area is 96.7 Å². The first-order chi connectivity index (χ1) is 7.97. The Bertz CT molecular complexity index is 472. The Balaban J connectivity index is 3.10. The predicted molar refractivity (Wildman–Crippen MR) is 56.5 cm³/mol. The van der Waals surface area contributed by atoms with E-state index in [0.29, 0.717) is 0 Å². The molecule has 0 saturated heterocycles. The standard InChI is InChI=1S/C12H10F2O3/c1-7(12(16)17-2)6-10(15)11-8(13)4-3-5-9(11)14/h3-6H,1-2H3. The van der Waals surface area contributed by atoms with Gasteiger partial charge < -0.3 is 4.74 Å². The van der Waals surface area contributed by atoms with Crippen molar-refractivity contribution in [3.05, 3.63) is 47.0 Å². The molecule has 90 valence electrons. The molecule has 0 amide bonds. The molecule has 0 unspecified atom stereocenters. The zero-order valence-corrected chi connectivity index (χ0v) is 9.29. The lowest BCUT2D eigenvalue weighted by atomic mass is 10.1. The van der Waals surface area contributed by atoms with Crippen LogP contribution >= 0.6 is 0 Å². The zero-order chi connectivity index (χ0) is 13.0. The van der Waals surface area contributed by atoms with Gasteiger partial charge in [-0.25, -0.2) is 13.6 Å². The van der Waals surface area contributed by atoms with Gasteiger partial charge in [0.2, 0.25) is 0 Å². The van der Waals surface area contributed by atoms with E-state index in [0.717, 1.165) is 31.4 Å². The van der Waals surface area contributed by atoms with E-state index in [2.05, 4.69) is 4.74 Å². The van der Waals surface area contributed by atoms with Crippen molar-refractivity contribution in [2.45, 2.75) is 6.92 Å². The summed E-state index contributed by atoms with van der Waals surface area (Å²) in [7, 11) is 1.15. The summed E-state index contributed by atoms with van der Waals surface area (Å²) in [5.41, 5.74) is -0.712. The summed E-state index contributed by atoms with van der Waals surface area (Å²) in [6.07, 6.45) is 0.841. The normalized spacial score (nSPS) is 11.2. The molecule has 1 aromatic carbocycles. The number of esters is 1. The minimum Gasteiger partial charge on any atom is -0.466 e. The molecule has 17 heavy (non-hydrogen) atoms. The molecule has 0 spiro atoms. The molecule has 0 bridgehead atoms. The molecule has 0 aliphatic rings. The van der Waals surface area contributed by atoms with E-state index in [-0.39, 0.29) is 5.57 Å². The van der Waals surface area contributed by atoms with Gasteiger partial charge in [0, 0.05) is 5.57 Å². The van der Waals surface area contributed by atoms with Gasteiger partial charge in [-0.05, 0) is 25.1 Å². The van der Waals surface area contributed by atoms with E-state index in [9.17, 15) is 18.4 Å². The van der Waals surface area contributed by atoms with Crippen LogP contribution in [0.25, 0.3) is 0 Å². The topological polar surface area (TPSA) is 43.4 Å². The van der Waals surface area contributed by atoms with Crippen LogP contribution < -0.4 is 0 Å². The van der Waals surface area contributed by atoms with Crippen molar-refractivity contribution >= 4 is 11.8 Å². The molecule has 0 aliphatic carbocycles. The quantitative estimate of drug-likeness (QED) is 0.462. The smallest absolute Gasteiger partial charge is 0.333 e. The van der Waals surface area contributed by atoms with Gasteiger partial charge >= 0.3 is 5.97 Å². The first-order valence-electron chi connectivity index (χ1n) is 4.72. The number of hydrogen-bond donors (Lipinski definition) is 0. The van der Waals surface area contributed by atoms with E-state index in [1.54, 1.807) is 0 Å². The molecule has 0 atom stereocenters. The van der Waals surface area contributed by atoms with E-state index >= 15 is 0 Å². The second-order valence-corrected chi connectivity index (χ2v) is 3.28. The number of ether oxygens (including phenoxy) is 1. The fraction of sp³-hybridized carbons (Fsp3) is 0.167. The fourth-order valence-corrected chi connectivity index (χ4v) is 1.22. The van der Waals surface area contributed by atoms with Crippen LogP contribution in [0.2, 0.25) is 0 Å². The molecule has 1 rings (SSSR count). The fourth-order valence-electron chi connectivity index (χ4n) is 1.22. The van der Waals surface area contributed by atoms with Crippen LogP contribution in [0.4, 0.5) is 8.78 Å². The number of halogens is 2. The van der Waals surface area contributed by atoms with Gasteiger partial charge in [0.25, 0.3) is 0 Å². The average molecular weight is 240 g/mol. The second-order valence-electron chi connectivity index (χ2n) is 3.28. The molecule has 0 aliphatic heterocycles. The molecule has 3 nitrogen and oxygen atoms in total. The number of hydrogen-bond acceptors (Lipinski definition) is 3. The summed E-state index contributed by atoms with van der Waals surface area (Å²) in [4.78, 5) is 22.6. The highest BCUT2D eigenvalue weighted by Gasteiger charge is 2.16. The number of carbonyl (C=O) groups is 2. The van der Waals surface area contributed by atoms with Gasteiger partial charge in [0.1, 0.15) is 11.6 Å². The Morgan fingerprint density at radius 2 is 1.76 bits per heavy atom. The maximum absolute atomic E-state index is 13.2.